The van der Waals surface area contributed by atoms with E-state index < -0.39 is 18.3 Å². The summed E-state index contributed by atoms with van der Waals surface area (Å²) in [6.07, 6.45) is 1.31. The van der Waals surface area contributed by atoms with Gasteiger partial charge < -0.3 is 9.64 Å². The molecule has 128 valence electrons. The van der Waals surface area contributed by atoms with Crippen molar-refractivity contribution in [1.82, 2.24) is 9.88 Å². The van der Waals surface area contributed by atoms with Crippen molar-refractivity contribution in [2.75, 3.05) is 13.7 Å². The van der Waals surface area contributed by atoms with E-state index in [2.05, 4.69) is 4.98 Å². The Labute approximate surface area is 145 Å². The van der Waals surface area contributed by atoms with E-state index in [1.807, 2.05) is 17.5 Å². The first-order valence-electron chi connectivity index (χ1n) is 6.80. The van der Waals surface area contributed by atoms with Crippen LogP contribution in [0.2, 0.25) is 0 Å². The minimum absolute atomic E-state index is 0.0866. The van der Waals surface area contributed by atoms with Gasteiger partial charge in [-0.25, -0.2) is 9.78 Å². The zero-order valence-corrected chi connectivity index (χ0v) is 14.3. The summed E-state index contributed by atoms with van der Waals surface area (Å²) in [6.45, 7) is -0.0538. The molecule has 0 spiro atoms. The molecule has 0 aliphatic heterocycles. The molecule has 2 heterocycles. The SMILES string of the molecule is CN(Cc1cccs1)C(=O)COC(=O)c1cccnc1SC(F)F. The number of carbonyl (C=O) groups excluding carboxylic acids is 2. The highest BCUT2D eigenvalue weighted by Gasteiger charge is 2.19. The predicted octanol–water partition coefficient (Wildman–Crippen LogP) is 3.27. The van der Waals surface area contributed by atoms with Gasteiger partial charge in [-0.05, 0) is 35.3 Å². The minimum atomic E-state index is -2.70. The Morgan fingerprint density at radius 1 is 1.38 bits per heavy atom. The Morgan fingerprint density at radius 2 is 2.17 bits per heavy atom. The summed E-state index contributed by atoms with van der Waals surface area (Å²) < 4.78 is 29.9. The first kappa shape index (κ1) is 18.3. The molecule has 0 bridgehead atoms. The van der Waals surface area contributed by atoms with Crippen LogP contribution in [-0.2, 0) is 16.1 Å². The third kappa shape index (κ3) is 5.27. The second-order valence-electron chi connectivity index (χ2n) is 4.64. The number of hydrogen-bond acceptors (Lipinski definition) is 6. The topological polar surface area (TPSA) is 59.5 Å². The Hall–Kier alpha value is -2.00. The number of nitrogens with zero attached hydrogens (tertiary/aromatic N) is 2. The minimum Gasteiger partial charge on any atom is -0.452 e. The number of carbonyl (C=O) groups is 2. The highest BCUT2D eigenvalue weighted by molar-refractivity contribution is 7.99. The number of thioether (sulfide) groups is 1. The van der Waals surface area contributed by atoms with Gasteiger partial charge >= 0.3 is 5.97 Å². The van der Waals surface area contributed by atoms with E-state index in [0.717, 1.165) is 4.88 Å². The number of alkyl halides is 2. The molecule has 0 saturated carbocycles. The smallest absolute Gasteiger partial charge is 0.341 e. The van der Waals surface area contributed by atoms with Crippen molar-refractivity contribution >= 4 is 35.0 Å². The summed E-state index contributed by atoms with van der Waals surface area (Å²) in [5, 5.41) is 1.77. The van der Waals surface area contributed by atoms with Crippen molar-refractivity contribution in [3.8, 4) is 0 Å². The maximum Gasteiger partial charge on any atom is 0.341 e. The van der Waals surface area contributed by atoms with E-state index in [0.29, 0.717) is 6.54 Å². The van der Waals surface area contributed by atoms with E-state index in [9.17, 15) is 18.4 Å². The molecule has 0 atom stereocenters. The second-order valence-corrected chi connectivity index (χ2v) is 6.65. The number of esters is 1. The fourth-order valence-electron chi connectivity index (χ4n) is 1.76. The zero-order valence-electron chi connectivity index (χ0n) is 12.6. The fourth-order valence-corrected chi connectivity index (χ4v) is 3.09. The van der Waals surface area contributed by atoms with Crippen LogP contribution in [0.15, 0.2) is 40.9 Å². The maximum absolute atomic E-state index is 12.5. The number of thiophene rings is 1. The molecular formula is C15H14F2N2O3S2. The van der Waals surface area contributed by atoms with Crippen molar-refractivity contribution < 1.29 is 23.1 Å². The number of halogens is 2. The molecule has 2 aromatic heterocycles. The molecule has 2 aromatic rings. The van der Waals surface area contributed by atoms with Crippen LogP contribution < -0.4 is 0 Å². The van der Waals surface area contributed by atoms with Gasteiger partial charge in [0.2, 0.25) is 0 Å². The molecule has 5 nitrogen and oxygen atoms in total. The Bertz CT molecular complexity index is 696. The van der Waals surface area contributed by atoms with Gasteiger partial charge in [-0.1, -0.05) is 6.07 Å². The molecule has 0 aliphatic rings. The quantitative estimate of drug-likeness (QED) is 0.551. The van der Waals surface area contributed by atoms with E-state index in [1.54, 1.807) is 7.05 Å². The number of amides is 1. The monoisotopic (exact) mass is 372 g/mol. The fraction of sp³-hybridized carbons (Fsp3) is 0.267. The molecule has 0 unspecified atom stereocenters. The Kier molecular flexibility index (Phi) is 6.68. The van der Waals surface area contributed by atoms with Crippen LogP contribution in [0.4, 0.5) is 8.78 Å². The number of aromatic nitrogens is 1. The molecule has 0 aromatic carbocycles. The zero-order chi connectivity index (χ0) is 17.5. The summed E-state index contributed by atoms with van der Waals surface area (Å²) in [5.74, 6) is -3.95. The summed E-state index contributed by atoms with van der Waals surface area (Å²) in [4.78, 5) is 30.2. The molecule has 9 heteroatoms. The van der Waals surface area contributed by atoms with Crippen molar-refractivity contribution in [1.29, 1.82) is 0 Å². The van der Waals surface area contributed by atoms with Gasteiger partial charge in [0.05, 0.1) is 12.1 Å². The average Bonchev–Trinajstić information content (AvgIpc) is 3.05. The molecule has 0 saturated heterocycles. The molecule has 0 aliphatic carbocycles. The van der Waals surface area contributed by atoms with Crippen molar-refractivity contribution in [2.45, 2.75) is 17.3 Å². The highest BCUT2D eigenvalue weighted by Crippen LogP contribution is 2.26. The second kappa shape index (κ2) is 8.74. The summed E-state index contributed by atoms with van der Waals surface area (Å²) in [6, 6.07) is 6.55. The van der Waals surface area contributed by atoms with Crippen molar-refractivity contribution in [3.63, 3.8) is 0 Å². The lowest BCUT2D eigenvalue weighted by Gasteiger charge is -2.16. The number of hydrogen-bond donors (Lipinski definition) is 0. The van der Waals surface area contributed by atoms with Crippen LogP contribution in [0.3, 0.4) is 0 Å². The lowest BCUT2D eigenvalue weighted by atomic mass is 10.3. The third-order valence-corrected chi connectivity index (χ3v) is 4.51. The maximum atomic E-state index is 12.5. The van der Waals surface area contributed by atoms with E-state index in [1.165, 1.54) is 34.6 Å². The highest BCUT2D eigenvalue weighted by atomic mass is 32.2. The van der Waals surface area contributed by atoms with Gasteiger partial charge in [0.1, 0.15) is 5.03 Å². The van der Waals surface area contributed by atoms with Crippen LogP contribution in [0.5, 0.6) is 0 Å². The first-order valence-corrected chi connectivity index (χ1v) is 8.56. The standard InChI is InChI=1S/C15H14F2N2O3S2/c1-19(8-10-4-3-7-23-10)12(20)9-22-14(21)11-5-2-6-18-13(11)24-15(16)17/h2-7,15H,8-9H2,1H3. The number of ether oxygens (including phenoxy) is 1. The predicted molar refractivity (Wildman–Crippen MR) is 87.2 cm³/mol. The number of rotatable bonds is 7. The van der Waals surface area contributed by atoms with Gasteiger partial charge in [0.15, 0.2) is 6.61 Å². The molecule has 0 N–H and O–H groups in total. The van der Waals surface area contributed by atoms with E-state index >= 15 is 0 Å². The van der Waals surface area contributed by atoms with Crippen LogP contribution >= 0.6 is 23.1 Å². The Balaban J connectivity index is 1.92. The Morgan fingerprint density at radius 3 is 2.83 bits per heavy atom. The largest absolute Gasteiger partial charge is 0.452 e. The molecule has 1 amide bonds. The van der Waals surface area contributed by atoms with Crippen LogP contribution in [0, 0.1) is 0 Å². The summed E-state index contributed by atoms with van der Waals surface area (Å²) >= 11 is 1.67. The number of likely N-dealkylation sites (N-methyl/N-ethyl adjacent to an activating group) is 1. The van der Waals surface area contributed by atoms with Crippen molar-refractivity contribution in [3.05, 3.63) is 46.3 Å². The normalized spacial score (nSPS) is 10.7. The van der Waals surface area contributed by atoms with Gasteiger partial charge in [0, 0.05) is 18.1 Å². The van der Waals surface area contributed by atoms with Gasteiger partial charge in [-0.2, -0.15) is 8.78 Å². The third-order valence-electron chi connectivity index (χ3n) is 2.92. The molecular weight excluding hydrogens is 358 g/mol. The van der Waals surface area contributed by atoms with Gasteiger partial charge in [-0.15, -0.1) is 11.3 Å². The van der Waals surface area contributed by atoms with Crippen LogP contribution in [0.25, 0.3) is 0 Å². The first-order chi connectivity index (χ1) is 11.5. The van der Waals surface area contributed by atoms with Gasteiger partial charge in [-0.3, -0.25) is 4.79 Å². The van der Waals surface area contributed by atoms with E-state index in [4.69, 9.17) is 4.74 Å². The molecule has 0 fully saturated rings. The lowest BCUT2D eigenvalue weighted by Crippen LogP contribution is -2.30. The van der Waals surface area contributed by atoms with Gasteiger partial charge in [0.25, 0.3) is 11.7 Å². The lowest BCUT2D eigenvalue weighted by molar-refractivity contribution is -0.133. The van der Waals surface area contributed by atoms with Crippen molar-refractivity contribution in [2.24, 2.45) is 0 Å². The molecule has 0 radical (unpaired) electrons. The average molecular weight is 372 g/mol. The van der Waals surface area contributed by atoms with E-state index in [-0.39, 0.29) is 28.3 Å². The molecule has 24 heavy (non-hydrogen) atoms. The molecule has 2 rings (SSSR count). The van der Waals surface area contributed by atoms with Crippen LogP contribution in [0.1, 0.15) is 15.2 Å². The number of pyridine rings is 1. The summed E-state index contributed by atoms with van der Waals surface area (Å²) in [7, 11) is 1.60. The van der Waals surface area contributed by atoms with Crippen LogP contribution in [-0.4, -0.2) is 41.2 Å². The summed E-state index contributed by atoms with van der Waals surface area (Å²) in [5.41, 5.74) is -0.0866.